The molecule has 0 aliphatic heterocycles. The van der Waals surface area contributed by atoms with Gasteiger partial charge in [-0.2, -0.15) is 15.0 Å². The minimum absolute atomic E-state index is 0. The second-order valence-electron chi connectivity index (χ2n) is 2.77. The Bertz CT molecular complexity index is 232. The summed E-state index contributed by atoms with van der Waals surface area (Å²) in [5, 5.41) is 17.1. The summed E-state index contributed by atoms with van der Waals surface area (Å²) in [5.41, 5.74) is 5.66. The number of hydrogen-bond acceptors (Lipinski definition) is 5. The Morgan fingerprint density at radius 1 is 1.50 bits per heavy atom. The molecule has 82 valence electrons. The molecule has 0 radical (unpaired) electrons. The lowest BCUT2D eigenvalue weighted by molar-refractivity contribution is 0.0424. The Labute approximate surface area is 88.5 Å². The molecule has 0 aliphatic rings. The van der Waals surface area contributed by atoms with E-state index in [0.29, 0.717) is 6.54 Å². The van der Waals surface area contributed by atoms with Crippen LogP contribution < -0.4 is 5.73 Å². The SMILES string of the molecule is COC[C@@H](O)[C@H](N)Cn1nccn1.Cl. The molecule has 7 heteroatoms. The van der Waals surface area contributed by atoms with Gasteiger partial charge in [-0.15, -0.1) is 12.4 Å². The zero-order valence-electron chi connectivity index (χ0n) is 7.91. The molecule has 14 heavy (non-hydrogen) atoms. The standard InChI is InChI=1S/C7H14N4O2.ClH/c1-13-5-7(12)6(8)4-11-9-2-3-10-11;/h2-3,6-7,12H,4-5,8H2,1H3;1H/t6-,7-;/m1./s1. The second-order valence-corrected chi connectivity index (χ2v) is 2.77. The third-order valence-electron chi connectivity index (χ3n) is 1.67. The van der Waals surface area contributed by atoms with E-state index in [1.807, 2.05) is 0 Å². The molecular weight excluding hydrogens is 208 g/mol. The highest BCUT2D eigenvalue weighted by Gasteiger charge is 2.15. The van der Waals surface area contributed by atoms with Crippen LogP contribution in [0.2, 0.25) is 0 Å². The van der Waals surface area contributed by atoms with Crippen molar-refractivity contribution >= 4 is 12.4 Å². The van der Waals surface area contributed by atoms with E-state index in [1.54, 1.807) is 12.4 Å². The molecule has 0 aromatic carbocycles. The first kappa shape index (κ1) is 13.3. The maximum atomic E-state index is 9.40. The Morgan fingerprint density at radius 3 is 2.57 bits per heavy atom. The number of aliphatic hydroxyl groups excluding tert-OH is 1. The van der Waals surface area contributed by atoms with Gasteiger partial charge in [0.1, 0.15) is 0 Å². The van der Waals surface area contributed by atoms with Gasteiger partial charge in [-0.3, -0.25) is 0 Å². The molecule has 0 unspecified atom stereocenters. The highest BCUT2D eigenvalue weighted by molar-refractivity contribution is 5.85. The highest BCUT2D eigenvalue weighted by Crippen LogP contribution is 1.93. The largest absolute Gasteiger partial charge is 0.389 e. The van der Waals surface area contributed by atoms with Crippen molar-refractivity contribution in [2.75, 3.05) is 13.7 Å². The van der Waals surface area contributed by atoms with Crippen LogP contribution in [0.3, 0.4) is 0 Å². The summed E-state index contributed by atoms with van der Waals surface area (Å²) in [6, 6.07) is -0.410. The third-order valence-corrected chi connectivity index (χ3v) is 1.67. The number of aromatic nitrogens is 3. The predicted molar refractivity (Wildman–Crippen MR) is 53.1 cm³/mol. The number of ether oxygens (including phenoxy) is 1. The molecule has 0 amide bonds. The van der Waals surface area contributed by atoms with E-state index in [1.165, 1.54) is 11.9 Å². The molecule has 1 aromatic rings. The van der Waals surface area contributed by atoms with Crippen molar-refractivity contribution in [3.8, 4) is 0 Å². The van der Waals surface area contributed by atoms with Gasteiger partial charge in [0, 0.05) is 7.11 Å². The Morgan fingerprint density at radius 2 is 2.07 bits per heavy atom. The van der Waals surface area contributed by atoms with E-state index in [4.69, 9.17) is 10.5 Å². The number of halogens is 1. The summed E-state index contributed by atoms with van der Waals surface area (Å²) in [4.78, 5) is 1.43. The molecule has 2 atom stereocenters. The van der Waals surface area contributed by atoms with Crippen LogP contribution in [0.25, 0.3) is 0 Å². The first-order valence-electron chi connectivity index (χ1n) is 4.00. The first-order chi connectivity index (χ1) is 6.24. The van der Waals surface area contributed by atoms with Crippen LogP contribution in [0.1, 0.15) is 0 Å². The van der Waals surface area contributed by atoms with Crippen LogP contribution >= 0.6 is 12.4 Å². The molecule has 0 aliphatic carbocycles. The van der Waals surface area contributed by atoms with E-state index in [-0.39, 0.29) is 19.0 Å². The molecule has 0 bridgehead atoms. The van der Waals surface area contributed by atoms with Crippen molar-refractivity contribution in [2.24, 2.45) is 5.73 Å². The predicted octanol–water partition coefficient (Wildman–Crippen LogP) is -0.966. The summed E-state index contributed by atoms with van der Waals surface area (Å²) in [6.07, 6.45) is 2.45. The van der Waals surface area contributed by atoms with E-state index in [9.17, 15) is 5.11 Å². The Hall–Kier alpha value is -0.690. The quantitative estimate of drug-likeness (QED) is 0.670. The number of rotatable bonds is 5. The fraction of sp³-hybridized carbons (Fsp3) is 0.714. The lowest BCUT2D eigenvalue weighted by Crippen LogP contribution is -2.41. The number of aliphatic hydroxyl groups is 1. The molecule has 0 saturated heterocycles. The second kappa shape index (κ2) is 6.72. The van der Waals surface area contributed by atoms with Crippen LogP contribution in [-0.4, -0.2) is 46.0 Å². The monoisotopic (exact) mass is 222 g/mol. The van der Waals surface area contributed by atoms with E-state index in [2.05, 4.69) is 10.2 Å². The summed E-state index contributed by atoms with van der Waals surface area (Å²) in [7, 11) is 1.52. The number of nitrogens with zero attached hydrogens (tertiary/aromatic N) is 3. The highest BCUT2D eigenvalue weighted by atomic mass is 35.5. The average molecular weight is 223 g/mol. The molecule has 0 fully saturated rings. The van der Waals surface area contributed by atoms with Crippen LogP contribution in [0.4, 0.5) is 0 Å². The fourth-order valence-corrected chi connectivity index (χ4v) is 0.942. The first-order valence-corrected chi connectivity index (χ1v) is 4.00. The molecule has 1 aromatic heterocycles. The van der Waals surface area contributed by atoms with Gasteiger partial charge in [-0.05, 0) is 0 Å². The molecule has 3 N–H and O–H groups in total. The van der Waals surface area contributed by atoms with Crippen molar-refractivity contribution in [3.63, 3.8) is 0 Å². The lowest BCUT2D eigenvalue weighted by atomic mass is 10.2. The summed E-state index contributed by atoms with van der Waals surface area (Å²) >= 11 is 0. The van der Waals surface area contributed by atoms with Gasteiger partial charge >= 0.3 is 0 Å². The topological polar surface area (TPSA) is 86.2 Å². The number of hydrogen-bond donors (Lipinski definition) is 2. The van der Waals surface area contributed by atoms with Crippen molar-refractivity contribution in [2.45, 2.75) is 18.7 Å². The van der Waals surface area contributed by atoms with Gasteiger partial charge in [0.25, 0.3) is 0 Å². The zero-order chi connectivity index (χ0) is 9.68. The number of nitrogens with two attached hydrogens (primary N) is 1. The van der Waals surface area contributed by atoms with E-state index >= 15 is 0 Å². The minimum Gasteiger partial charge on any atom is -0.389 e. The fourth-order valence-electron chi connectivity index (χ4n) is 0.942. The van der Waals surface area contributed by atoms with Crippen LogP contribution in [0, 0.1) is 0 Å². The minimum atomic E-state index is -0.684. The van der Waals surface area contributed by atoms with Gasteiger partial charge in [0.05, 0.1) is 37.7 Å². The van der Waals surface area contributed by atoms with Crippen molar-refractivity contribution in [1.82, 2.24) is 15.0 Å². The lowest BCUT2D eigenvalue weighted by Gasteiger charge is -2.16. The van der Waals surface area contributed by atoms with Gasteiger partial charge in [-0.1, -0.05) is 0 Å². The van der Waals surface area contributed by atoms with Gasteiger partial charge in [0.15, 0.2) is 0 Å². The molecular formula is C7H15ClN4O2. The molecule has 0 saturated carbocycles. The average Bonchev–Trinajstić information content (AvgIpc) is 2.57. The number of methoxy groups -OCH3 is 1. The molecule has 0 spiro atoms. The van der Waals surface area contributed by atoms with Gasteiger partial charge in [0.2, 0.25) is 0 Å². The van der Waals surface area contributed by atoms with Crippen molar-refractivity contribution < 1.29 is 9.84 Å². The molecule has 1 heterocycles. The van der Waals surface area contributed by atoms with Crippen LogP contribution in [0.15, 0.2) is 12.4 Å². The van der Waals surface area contributed by atoms with Crippen molar-refractivity contribution in [1.29, 1.82) is 0 Å². The summed E-state index contributed by atoms with van der Waals surface area (Å²) < 4.78 is 4.76. The van der Waals surface area contributed by atoms with E-state index < -0.39 is 12.1 Å². The van der Waals surface area contributed by atoms with E-state index in [0.717, 1.165) is 0 Å². The van der Waals surface area contributed by atoms with Gasteiger partial charge < -0.3 is 15.6 Å². The third kappa shape index (κ3) is 4.01. The van der Waals surface area contributed by atoms with Gasteiger partial charge in [-0.25, -0.2) is 0 Å². The van der Waals surface area contributed by atoms with Crippen LogP contribution in [-0.2, 0) is 11.3 Å². The molecule has 1 rings (SSSR count). The molecule has 6 nitrogen and oxygen atoms in total. The smallest absolute Gasteiger partial charge is 0.0942 e. The van der Waals surface area contributed by atoms with Crippen LogP contribution in [0.5, 0.6) is 0 Å². The summed E-state index contributed by atoms with van der Waals surface area (Å²) in [6.45, 7) is 0.611. The zero-order valence-corrected chi connectivity index (χ0v) is 8.72. The summed E-state index contributed by atoms with van der Waals surface area (Å²) in [5.74, 6) is 0. The van der Waals surface area contributed by atoms with Crippen molar-refractivity contribution in [3.05, 3.63) is 12.4 Å². The normalized spacial score (nSPS) is 14.5. The Kier molecular flexibility index (Phi) is 6.39. The maximum Gasteiger partial charge on any atom is 0.0942 e. The Balaban J connectivity index is 0.00000169. The maximum absolute atomic E-state index is 9.40.